The Hall–Kier alpha value is -2.30. The van der Waals surface area contributed by atoms with E-state index in [4.69, 9.17) is 9.52 Å². The summed E-state index contributed by atoms with van der Waals surface area (Å²) in [7, 11) is 0. The molecule has 2 rings (SSSR count). The highest BCUT2D eigenvalue weighted by molar-refractivity contribution is 5.63. The molecule has 0 fully saturated rings. The summed E-state index contributed by atoms with van der Waals surface area (Å²) in [5.74, 6) is 0.883. The van der Waals surface area contributed by atoms with Gasteiger partial charge in [-0.15, -0.1) is 0 Å². The van der Waals surface area contributed by atoms with E-state index in [0.29, 0.717) is 18.1 Å². The normalized spacial score (nSPS) is 10.4. The molecule has 2 aromatic rings. The average Bonchev–Trinajstić information content (AvgIpc) is 2.72. The Bertz CT molecular complexity index is 589. The lowest BCUT2D eigenvalue weighted by molar-refractivity contribution is 0.141. The molecule has 1 aromatic carbocycles. The van der Waals surface area contributed by atoms with Crippen molar-refractivity contribution in [3.63, 3.8) is 0 Å². The summed E-state index contributed by atoms with van der Waals surface area (Å²) in [6.45, 7) is 3.91. The van der Waals surface area contributed by atoms with Gasteiger partial charge in [0.1, 0.15) is 0 Å². The molecule has 1 heterocycles. The Morgan fingerprint density at radius 1 is 1.42 bits per heavy atom. The monoisotopic (exact) mass is 261 g/mol. The van der Waals surface area contributed by atoms with Crippen molar-refractivity contribution in [1.82, 2.24) is 4.98 Å². The molecule has 1 aromatic heterocycles. The average molecular weight is 261 g/mol. The zero-order valence-electron chi connectivity index (χ0n) is 10.8. The van der Waals surface area contributed by atoms with Crippen LogP contribution in [0.2, 0.25) is 0 Å². The standard InChI is InChI=1S/C14H15NO4/c1-3-6-11-13(19-14(16)17)15-12(18-11)10-8-5-4-7-9(10)2/h4-5,7-8H,3,6H2,1-2H3,(H,16,17). The maximum Gasteiger partial charge on any atom is 0.512 e. The van der Waals surface area contributed by atoms with Crippen molar-refractivity contribution in [3.8, 4) is 17.3 Å². The van der Waals surface area contributed by atoms with Gasteiger partial charge in [0.2, 0.25) is 5.89 Å². The first-order valence-electron chi connectivity index (χ1n) is 6.08. The van der Waals surface area contributed by atoms with E-state index >= 15 is 0 Å². The second-order valence-corrected chi connectivity index (χ2v) is 4.18. The molecule has 0 saturated carbocycles. The molecule has 0 amide bonds. The summed E-state index contributed by atoms with van der Waals surface area (Å²) < 4.78 is 10.3. The predicted octanol–water partition coefficient (Wildman–Crippen LogP) is 3.66. The third-order valence-corrected chi connectivity index (χ3v) is 2.70. The van der Waals surface area contributed by atoms with Gasteiger partial charge in [-0.05, 0) is 25.0 Å². The van der Waals surface area contributed by atoms with Crippen LogP contribution in [0.15, 0.2) is 28.7 Å². The van der Waals surface area contributed by atoms with Crippen LogP contribution >= 0.6 is 0 Å². The van der Waals surface area contributed by atoms with Crippen molar-refractivity contribution in [3.05, 3.63) is 35.6 Å². The van der Waals surface area contributed by atoms with Crippen LogP contribution in [-0.4, -0.2) is 16.2 Å². The summed E-state index contributed by atoms with van der Waals surface area (Å²) >= 11 is 0. The number of benzene rings is 1. The fourth-order valence-electron chi connectivity index (χ4n) is 1.81. The van der Waals surface area contributed by atoms with Gasteiger partial charge in [0.25, 0.3) is 5.88 Å². The highest BCUT2D eigenvalue weighted by atomic mass is 16.7. The SMILES string of the molecule is CCCc1oc(-c2ccccc2C)nc1OC(=O)O. The largest absolute Gasteiger partial charge is 0.512 e. The maximum atomic E-state index is 10.6. The van der Waals surface area contributed by atoms with Crippen molar-refractivity contribution in [1.29, 1.82) is 0 Å². The maximum absolute atomic E-state index is 10.6. The number of aryl methyl sites for hydroxylation is 2. The van der Waals surface area contributed by atoms with E-state index in [-0.39, 0.29) is 5.88 Å². The van der Waals surface area contributed by atoms with Crippen LogP contribution in [0.25, 0.3) is 11.5 Å². The molecule has 0 spiro atoms. The Balaban J connectivity index is 2.42. The van der Waals surface area contributed by atoms with Crippen LogP contribution in [0.4, 0.5) is 4.79 Å². The van der Waals surface area contributed by atoms with Gasteiger partial charge in [0.05, 0.1) is 0 Å². The molecule has 5 heteroatoms. The molecule has 0 radical (unpaired) electrons. The number of nitrogens with zero attached hydrogens (tertiary/aromatic N) is 1. The van der Waals surface area contributed by atoms with Gasteiger partial charge >= 0.3 is 6.16 Å². The van der Waals surface area contributed by atoms with E-state index in [9.17, 15) is 4.79 Å². The van der Waals surface area contributed by atoms with Gasteiger partial charge in [0, 0.05) is 12.0 Å². The number of carbonyl (C=O) groups is 1. The number of hydrogen-bond acceptors (Lipinski definition) is 4. The quantitative estimate of drug-likeness (QED) is 0.850. The van der Waals surface area contributed by atoms with Gasteiger partial charge in [-0.2, -0.15) is 4.98 Å². The molecule has 19 heavy (non-hydrogen) atoms. The summed E-state index contributed by atoms with van der Waals surface area (Å²) in [4.78, 5) is 14.8. The number of ether oxygens (including phenoxy) is 1. The lowest BCUT2D eigenvalue weighted by atomic mass is 10.1. The van der Waals surface area contributed by atoms with E-state index in [1.807, 2.05) is 38.1 Å². The van der Waals surface area contributed by atoms with E-state index in [1.54, 1.807) is 0 Å². The highest BCUT2D eigenvalue weighted by Gasteiger charge is 2.18. The summed E-state index contributed by atoms with van der Waals surface area (Å²) in [5, 5.41) is 8.69. The fourth-order valence-corrected chi connectivity index (χ4v) is 1.81. The van der Waals surface area contributed by atoms with Gasteiger partial charge in [-0.1, -0.05) is 25.1 Å². The molecule has 0 unspecified atom stereocenters. The molecule has 0 aliphatic carbocycles. The molecule has 0 atom stereocenters. The minimum absolute atomic E-state index is 0.0348. The van der Waals surface area contributed by atoms with Gasteiger partial charge in [-0.3, -0.25) is 0 Å². The predicted molar refractivity (Wildman–Crippen MR) is 69.3 cm³/mol. The second-order valence-electron chi connectivity index (χ2n) is 4.18. The van der Waals surface area contributed by atoms with Crippen molar-refractivity contribution >= 4 is 6.16 Å². The highest BCUT2D eigenvalue weighted by Crippen LogP contribution is 2.29. The van der Waals surface area contributed by atoms with E-state index in [0.717, 1.165) is 17.5 Å². The third-order valence-electron chi connectivity index (χ3n) is 2.70. The molecule has 5 nitrogen and oxygen atoms in total. The molecule has 0 aliphatic heterocycles. The number of rotatable bonds is 4. The van der Waals surface area contributed by atoms with Crippen molar-refractivity contribution < 1.29 is 19.1 Å². The summed E-state index contributed by atoms with van der Waals surface area (Å²) in [6, 6.07) is 7.62. The van der Waals surface area contributed by atoms with Crippen LogP contribution in [-0.2, 0) is 6.42 Å². The Morgan fingerprint density at radius 2 is 2.16 bits per heavy atom. The van der Waals surface area contributed by atoms with Crippen LogP contribution in [0.1, 0.15) is 24.7 Å². The fraction of sp³-hybridized carbons (Fsp3) is 0.286. The molecule has 1 N–H and O–H groups in total. The first-order valence-corrected chi connectivity index (χ1v) is 6.08. The van der Waals surface area contributed by atoms with E-state index in [2.05, 4.69) is 9.72 Å². The lowest BCUT2D eigenvalue weighted by Gasteiger charge is -1.99. The first kappa shape index (κ1) is 13.1. The molecule has 0 saturated heterocycles. The lowest BCUT2D eigenvalue weighted by Crippen LogP contribution is -2.04. The first-order chi connectivity index (χ1) is 9.11. The van der Waals surface area contributed by atoms with Gasteiger partial charge in [-0.25, -0.2) is 4.79 Å². The minimum Gasteiger partial charge on any atom is -0.449 e. The smallest absolute Gasteiger partial charge is 0.449 e. The number of carboxylic acid groups (broad SMARTS) is 1. The number of hydrogen-bond donors (Lipinski definition) is 1. The summed E-state index contributed by atoms with van der Waals surface area (Å²) in [6.07, 6.45) is 0.0156. The van der Waals surface area contributed by atoms with Gasteiger partial charge < -0.3 is 14.3 Å². The molecular formula is C14H15NO4. The third kappa shape index (κ3) is 2.93. The van der Waals surface area contributed by atoms with Crippen LogP contribution < -0.4 is 4.74 Å². The molecule has 0 bridgehead atoms. The number of oxazole rings is 1. The van der Waals surface area contributed by atoms with Crippen molar-refractivity contribution in [2.45, 2.75) is 26.7 Å². The summed E-state index contributed by atoms with van der Waals surface area (Å²) in [5.41, 5.74) is 1.84. The van der Waals surface area contributed by atoms with E-state index in [1.165, 1.54) is 0 Å². The molecule has 0 aliphatic rings. The van der Waals surface area contributed by atoms with Gasteiger partial charge in [0.15, 0.2) is 5.76 Å². The topological polar surface area (TPSA) is 72.6 Å². The van der Waals surface area contributed by atoms with Crippen molar-refractivity contribution in [2.75, 3.05) is 0 Å². The van der Waals surface area contributed by atoms with Crippen LogP contribution in [0.5, 0.6) is 5.88 Å². The molecular weight excluding hydrogens is 246 g/mol. The van der Waals surface area contributed by atoms with E-state index < -0.39 is 6.16 Å². The number of aromatic nitrogens is 1. The van der Waals surface area contributed by atoms with Crippen LogP contribution in [0, 0.1) is 6.92 Å². The zero-order valence-corrected chi connectivity index (χ0v) is 10.8. The minimum atomic E-state index is -1.39. The Labute approximate surface area is 110 Å². The Kier molecular flexibility index (Phi) is 3.85. The zero-order chi connectivity index (χ0) is 13.8. The van der Waals surface area contributed by atoms with Crippen molar-refractivity contribution in [2.24, 2.45) is 0 Å². The molecule has 100 valence electrons. The van der Waals surface area contributed by atoms with Crippen LogP contribution in [0.3, 0.4) is 0 Å². The second kappa shape index (κ2) is 5.56. The Morgan fingerprint density at radius 3 is 2.79 bits per heavy atom.